The highest BCUT2D eigenvalue weighted by atomic mass is 19.2. The molecule has 162 valence electrons. The van der Waals surface area contributed by atoms with Crippen LogP contribution < -0.4 is 0 Å². The lowest BCUT2D eigenvalue weighted by atomic mass is 9.68. The Morgan fingerprint density at radius 3 is 1.93 bits per heavy atom. The average Bonchev–Trinajstić information content (AvgIpc) is 2.78. The molecule has 2 heteroatoms. The van der Waals surface area contributed by atoms with Crippen molar-refractivity contribution in [3.63, 3.8) is 0 Å². The lowest BCUT2D eigenvalue weighted by Crippen LogP contribution is -2.25. The van der Waals surface area contributed by atoms with Gasteiger partial charge in [0.15, 0.2) is 5.83 Å². The number of hydrogen-bond acceptors (Lipinski definition) is 0. The van der Waals surface area contributed by atoms with Crippen molar-refractivity contribution in [2.24, 2.45) is 17.8 Å². The Bertz CT molecular complexity index is 629. The number of allylic oxidation sites excluding steroid dienone is 1. The number of hydrogen-bond donors (Lipinski definition) is 0. The summed E-state index contributed by atoms with van der Waals surface area (Å²) in [5.74, 6) is 2.18. The monoisotopic (exact) mass is 402 g/mol. The molecule has 29 heavy (non-hydrogen) atoms. The van der Waals surface area contributed by atoms with Crippen molar-refractivity contribution in [1.82, 2.24) is 0 Å². The number of rotatable bonds is 8. The summed E-state index contributed by atoms with van der Waals surface area (Å²) in [5.41, 5.74) is 1.69. The largest absolute Gasteiger partial charge is 0.209 e. The maximum Gasteiger partial charge on any atom is 0.161 e. The molecule has 0 heterocycles. The standard InChI is InChI=1S/C27H40F2/c1-3-5-7-26(28)27(29)25-18-16-24(17-19-25)23-14-12-22(13-15-23)21-10-8-20(6-4-2)9-11-21/h16-23H,3-15H2,1-2H3/b27-26+/t20?,21?,22-,23-. The molecular formula is C27H40F2. The summed E-state index contributed by atoms with van der Waals surface area (Å²) in [6.07, 6.45) is 15.5. The zero-order chi connectivity index (χ0) is 20.6. The summed E-state index contributed by atoms with van der Waals surface area (Å²) in [5, 5.41) is 0. The van der Waals surface area contributed by atoms with E-state index in [2.05, 4.69) is 6.92 Å². The Morgan fingerprint density at radius 1 is 0.793 bits per heavy atom. The Balaban J connectivity index is 1.50. The van der Waals surface area contributed by atoms with Gasteiger partial charge in [-0.1, -0.05) is 70.2 Å². The third-order valence-corrected chi connectivity index (χ3v) is 7.65. The van der Waals surface area contributed by atoms with Crippen LogP contribution in [-0.4, -0.2) is 0 Å². The van der Waals surface area contributed by atoms with Crippen LogP contribution in [0.1, 0.15) is 114 Å². The SMILES string of the molecule is CCCC/C(F)=C(\F)c1ccc([C@H]2CC[C@H](C3CCC(CCC)CC3)CC2)cc1. The lowest BCUT2D eigenvalue weighted by Gasteiger charge is -2.38. The van der Waals surface area contributed by atoms with Crippen molar-refractivity contribution in [3.8, 4) is 0 Å². The van der Waals surface area contributed by atoms with Gasteiger partial charge in [0.05, 0.1) is 0 Å². The van der Waals surface area contributed by atoms with Crippen LogP contribution in [0.15, 0.2) is 30.1 Å². The summed E-state index contributed by atoms with van der Waals surface area (Å²) in [6, 6.07) is 7.61. The molecular weight excluding hydrogens is 362 g/mol. The predicted molar refractivity (Wildman–Crippen MR) is 120 cm³/mol. The van der Waals surface area contributed by atoms with Crippen molar-refractivity contribution in [2.75, 3.05) is 0 Å². The molecule has 2 aliphatic carbocycles. The molecule has 1 aromatic carbocycles. The molecule has 0 saturated heterocycles. The Kier molecular flexibility index (Phi) is 8.75. The minimum Gasteiger partial charge on any atom is -0.209 e. The second-order valence-corrected chi connectivity index (χ2v) is 9.63. The number of benzene rings is 1. The molecule has 0 spiro atoms. The van der Waals surface area contributed by atoms with Crippen LogP contribution in [0.25, 0.3) is 5.83 Å². The Morgan fingerprint density at radius 2 is 1.38 bits per heavy atom. The fraction of sp³-hybridized carbons (Fsp3) is 0.704. The average molecular weight is 403 g/mol. The fourth-order valence-corrected chi connectivity index (χ4v) is 5.78. The molecule has 0 amide bonds. The van der Waals surface area contributed by atoms with Crippen LogP contribution in [-0.2, 0) is 0 Å². The molecule has 0 aliphatic heterocycles. The first-order chi connectivity index (χ1) is 14.1. The minimum atomic E-state index is -0.674. The van der Waals surface area contributed by atoms with E-state index in [1.54, 1.807) is 12.1 Å². The van der Waals surface area contributed by atoms with Gasteiger partial charge in [0.2, 0.25) is 0 Å². The normalized spacial score (nSPS) is 28.8. The molecule has 0 aromatic heterocycles. The summed E-state index contributed by atoms with van der Waals surface area (Å²) >= 11 is 0. The van der Waals surface area contributed by atoms with Crippen molar-refractivity contribution in [3.05, 3.63) is 41.2 Å². The Labute approximate surface area is 177 Å². The molecule has 2 saturated carbocycles. The van der Waals surface area contributed by atoms with Gasteiger partial charge >= 0.3 is 0 Å². The zero-order valence-electron chi connectivity index (χ0n) is 18.6. The van der Waals surface area contributed by atoms with Crippen LogP contribution >= 0.6 is 0 Å². The predicted octanol–water partition coefficient (Wildman–Crippen LogP) is 9.36. The molecule has 3 rings (SSSR count). The van der Waals surface area contributed by atoms with Crippen LogP contribution in [0.4, 0.5) is 8.78 Å². The quantitative estimate of drug-likeness (QED) is 0.406. The molecule has 0 unspecified atom stereocenters. The van der Waals surface area contributed by atoms with E-state index in [1.807, 2.05) is 19.1 Å². The van der Waals surface area contributed by atoms with E-state index in [4.69, 9.17) is 0 Å². The van der Waals surface area contributed by atoms with Crippen LogP contribution in [0.3, 0.4) is 0 Å². The second kappa shape index (κ2) is 11.3. The van der Waals surface area contributed by atoms with E-state index in [-0.39, 0.29) is 6.42 Å². The third kappa shape index (κ3) is 6.15. The minimum absolute atomic E-state index is 0.203. The number of unbranched alkanes of at least 4 members (excludes halogenated alkanes) is 1. The zero-order valence-corrected chi connectivity index (χ0v) is 18.6. The van der Waals surface area contributed by atoms with E-state index in [0.717, 1.165) is 24.2 Å². The third-order valence-electron chi connectivity index (χ3n) is 7.65. The smallest absolute Gasteiger partial charge is 0.161 e. The van der Waals surface area contributed by atoms with Crippen molar-refractivity contribution < 1.29 is 8.78 Å². The van der Waals surface area contributed by atoms with Crippen molar-refractivity contribution in [1.29, 1.82) is 0 Å². The van der Waals surface area contributed by atoms with Gasteiger partial charge in [0.1, 0.15) is 5.83 Å². The lowest BCUT2D eigenvalue weighted by molar-refractivity contribution is 0.156. The van der Waals surface area contributed by atoms with Gasteiger partial charge in [-0.2, -0.15) is 0 Å². The van der Waals surface area contributed by atoms with Gasteiger partial charge < -0.3 is 0 Å². The van der Waals surface area contributed by atoms with Gasteiger partial charge in [-0.15, -0.1) is 0 Å². The van der Waals surface area contributed by atoms with Gasteiger partial charge in [-0.3, -0.25) is 0 Å². The van der Waals surface area contributed by atoms with E-state index < -0.39 is 11.7 Å². The fourth-order valence-electron chi connectivity index (χ4n) is 5.78. The van der Waals surface area contributed by atoms with Crippen molar-refractivity contribution in [2.45, 2.75) is 103 Å². The van der Waals surface area contributed by atoms with Crippen molar-refractivity contribution >= 4 is 5.83 Å². The van der Waals surface area contributed by atoms with Gasteiger partial charge in [-0.25, -0.2) is 8.78 Å². The van der Waals surface area contributed by atoms with Gasteiger partial charge in [0, 0.05) is 12.0 Å². The number of halogens is 2. The topological polar surface area (TPSA) is 0 Å². The molecule has 0 bridgehead atoms. The summed E-state index contributed by atoms with van der Waals surface area (Å²) in [6.45, 7) is 4.31. The second-order valence-electron chi connectivity index (χ2n) is 9.63. The van der Waals surface area contributed by atoms with Crippen LogP contribution in [0.5, 0.6) is 0 Å². The molecule has 1 aromatic rings. The van der Waals surface area contributed by atoms with E-state index in [9.17, 15) is 8.78 Å². The molecule has 0 nitrogen and oxygen atoms in total. The summed E-state index contributed by atoms with van der Waals surface area (Å²) in [7, 11) is 0. The van der Waals surface area contributed by atoms with E-state index >= 15 is 0 Å². The molecule has 0 N–H and O–H groups in total. The van der Waals surface area contributed by atoms with E-state index in [0.29, 0.717) is 17.9 Å². The van der Waals surface area contributed by atoms with Gasteiger partial charge in [-0.05, 0) is 74.2 Å². The van der Waals surface area contributed by atoms with Gasteiger partial charge in [0.25, 0.3) is 0 Å². The maximum absolute atomic E-state index is 14.3. The summed E-state index contributed by atoms with van der Waals surface area (Å²) < 4.78 is 28.2. The first-order valence-electron chi connectivity index (χ1n) is 12.3. The molecule has 0 atom stereocenters. The first-order valence-corrected chi connectivity index (χ1v) is 12.3. The summed E-state index contributed by atoms with van der Waals surface area (Å²) in [4.78, 5) is 0. The first kappa shape index (κ1) is 22.5. The molecule has 0 radical (unpaired) electrons. The highest BCUT2D eigenvalue weighted by molar-refractivity contribution is 5.61. The Hall–Kier alpha value is -1.18. The van der Waals surface area contributed by atoms with Crippen LogP contribution in [0, 0.1) is 17.8 Å². The highest BCUT2D eigenvalue weighted by Gasteiger charge is 2.31. The highest BCUT2D eigenvalue weighted by Crippen LogP contribution is 2.44. The molecule has 2 aliphatic rings. The van der Waals surface area contributed by atoms with Crippen LogP contribution in [0.2, 0.25) is 0 Å². The molecule has 2 fully saturated rings. The maximum atomic E-state index is 14.3. The van der Waals surface area contributed by atoms with E-state index in [1.165, 1.54) is 69.8 Å².